The molecular weight excluding hydrogens is 310 g/mol. The minimum absolute atomic E-state index is 0.0248. The first-order valence-electron chi connectivity index (χ1n) is 6.42. The van der Waals surface area contributed by atoms with E-state index in [4.69, 9.17) is 9.63 Å². The van der Waals surface area contributed by atoms with Crippen LogP contribution < -0.4 is 4.72 Å². The predicted octanol–water partition coefficient (Wildman–Crippen LogP) is 0.906. The van der Waals surface area contributed by atoms with Crippen LogP contribution in [0.15, 0.2) is 27.6 Å². The fourth-order valence-electron chi connectivity index (χ4n) is 1.84. The van der Waals surface area contributed by atoms with E-state index in [9.17, 15) is 13.2 Å². The zero-order chi connectivity index (χ0) is 16.3. The molecular formula is C13H15N3O5S. The van der Waals surface area contributed by atoms with Crippen molar-refractivity contribution < 1.29 is 22.8 Å². The molecule has 0 atom stereocenters. The number of nitrogens with one attached hydrogen (secondary N) is 1. The molecule has 118 valence electrons. The van der Waals surface area contributed by atoms with Crippen LogP contribution >= 0.6 is 0 Å². The van der Waals surface area contributed by atoms with Gasteiger partial charge in [-0.3, -0.25) is 0 Å². The zero-order valence-electron chi connectivity index (χ0n) is 12.0. The van der Waals surface area contributed by atoms with Crippen LogP contribution in [0.25, 0.3) is 0 Å². The van der Waals surface area contributed by atoms with Gasteiger partial charge in [-0.1, -0.05) is 11.2 Å². The Labute approximate surface area is 127 Å². The van der Waals surface area contributed by atoms with E-state index >= 15 is 0 Å². The largest absolute Gasteiger partial charge is 0.478 e. The molecule has 0 radical (unpaired) electrons. The highest BCUT2D eigenvalue weighted by molar-refractivity contribution is 7.89. The summed E-state index contributed by atoms with van der Waals surface area (Å²) in [5.41, 5.74) is 0.379. The number of carbonyl (C=O) groups is 1. The standard InChI is InChI=1S/C13H15N3O5S/c1-8-3-4-10(13(17)18)11(7-8)22(19,20)14-6-5-12-15-9(2)16-21-12/h3-4,7,14H,5-6H2,1-2H3,(H,17,18). The molecule has 0 unspecified atom stereocenters. The maximum Gasteiger partial charge on any atom is 0.337 e. The highest BCUT2D eigenvalue weighted by Crippen LogP contribution is 2.17. The lowest BCUT2D eigenvalue weighted by molar-refractivity contribution is 0.0692. The van der Waals surface area contributed by atoms with Crippen molar-refractivity contribution >= 4 is 16.0 Å². The van der Waals surface area contributed by atoms with Gasteiger partial charge in [0.15, 0.2) is 5.82 Å². The van der Waals surface area contributed by atoms with Gasteiger partial charge in [0, 0.05) is 13.0 Å². The molecule has 1 aromatic heterocycles. The van der Waals surface area contributed by atoms with Gasteiger partial charge in [-0.05, 0) is 31.5 Å². The molecule has 0 aliphatic heterocycles. The zero-order valence-corrected chi connectivity index (χ0v) is 12.8. The Bertz CT molecular complexity index is 798. The molecule has 2 rings (SSSR count). The van der Waals surface area contributed by atoms with Gasteiger partial charge in [0.25, 0.3) is 0 Å². The Kier molecular flexibility index (Phi) is 4.57. The topological polar surface area (TPSA) is 122 Å². The smallest absolute Gasteiger partial charge is 0.337 e. The Balaban J connectivity index is 2.16. The first-order valence-corrected chi connectivity index (χ1v) is 7.91. The van der Waals surface area contributed by atoms with Crippen LogP contribution in [0.1, 0.15) is 27.6 Å². The monoisotopic (exact) mass is 325 g/mol. The van der Waals surface area contributed by atoms with Crippen LogP contribution in [0.5, 0.6) is 0 Å². The van der Waals surface area contributed by atoms with Crippen LogP contribution in [0.2, 0.25) is 0 Å². The van der Waals surface area contributed by atoms with Crippen LogP contribution in [0.4, 0.5) is 0 Å². The molecule has 0 spiro atoms. The third-order valence-corrected chi connectivity index (χ3v) is 4.36. The van der Waals surface area contributed by atoms with E-state index in [1.165, 1.54) is 12.1 Å². The predicted molar refractivity (Wildman–Crippen MR) is 76.1 cm³/mol. The Hall–Kier alpha value is -2.26. The maximum atomic E-state index is 12.3. The first kappa shape index (κ1) is 16.1. The van der Waals surface area contributed by atoms with Crippen LogP contribution in [0, 0.1) is 13.8 Å². The van der Waals surface area contributed by atoms with Gasteiger partial charge >= 0.3 is 5.97 Å². The van der Waals surface area contributed by atoms with Gasteiger partial charge in [-0.15, -0.1) is 0 Å². The average Bonchev–Trinajstić information content (AvgIpc) is 2.84. The second-order valence-electron chi connectivity index (χ2n) is 4.69. The summed E-state index contributed by atoms with van der Waals surface area (Å²) in [6.07, 6.45) is 0.217. The van der Waals surface area contributed by atoms with Gasteiger partial charge in [-0.2, -0.15) is 4.98 Å². The minimum atomic E-state index is -3.94. The number of benzene rings is 1. The normalized spacial score (nSPS) is 11.5. The SMILES string of the molecule is Cc1ccc(C(=O)O)c(S(=O)(=O)NCCc2nc(C)no2)c1. The highest BCUT2D eigenvalue weighted by atomic mass is 32.2. The van der Waals surface area contributed by atoms with Crippen molar-refractivity contribution in [2.45, 2.75) is 25.2 Å². The minimum Gasteiger partial charge on any atom is -0.478 e. The number of carboxylic acid groups (broad SMARTS) is 1. The molecule has 0 saturated carbocycles. The number of aryl methyl sites for hydroxylation is 2. The van der Waals surface area contributed by atoms with Gasteiger partial charge < -0.3 is 9.63 Å². The number of nitrogens with zero attached hydrogens (tertiary/aromatic N) is 2. The second kappa shape index (κ2) is 6.24. The first-order chi connectivity index (χ1) is 10.3. The van der Waals surface area contributed by atoms with E-state index < -0.39 is 16.0 Å². The number of carboxylic acids is 1. The number of sulfonamides is 1. The molecule has 0 aliphatic carbocycles. The summed E-state index contributed by atoms with van der Waals surface area (Å²) in [6, 6.07) is 4.14. The van der Waals surface area contributed by atoms with Crippen molar-refractivity contribution in [1.29, 1.82) is 0 Å². The van der Waals surface area contributed by atoms with Crippen molar-refractivity contribution in [1.82, 2.24) is 14.9 Å². The Morgan fingerprint density at radius 2 is 2.09 bits per heavy atom. The number of aromatic carboxylic acids is 1. The van der Waals surface area contributed by atoms with E-state index in [2.05, 4.69) is 14.9 Å². The van der Waals surface area contributed by atoms with E-state index in [0.717, 1.165) is 0 Å². The van der Waals surface area contributed by atoms with Gasteiger partial charge in [0.05, 0.1) is 10.5 Å². The van der Waals surface area contributed by atoms with Crippen molar-refractivity contribution in [3.05, 3.63) is 41.0 Å². The maximum absolute atomic E-state index is 12.3. The number of rotatable bonds is 6. The second-order valence-corrected chi connectivity index (χ2v) is 6.42. The summed E-state index contributed by atoms with van der Waals surface area (Å²) in [5.74, 6) is -0.527. The summed E-state index contributed by atoms with van der Waals surface area (Å²) in [7, 11) is -3.94. The van der Waals surface area contributed by atoms with E-state index in [0.29, 0.717) is 17.3 Å². The number of hydrogen-bond acceptors (Lipinski definition) is 6. The van der Waals surface area contributed by atoms with Gasteiger partial charge in [0.2, 0.25) is 15.9 Å². The van der Waals surface area contributed by atoms with Crippen molar-refractivity contribution in [2.24, 2.45) is 0 Å². The summed E-state index contributed by atoms with van der Waals surface area (Å²) >= 11 is 0. The van der Waals surface area contributed by atoms with Crippen molar-refractivity contribution in [3.63, 3.8) is 0 Å². The Morgan fingerprint density at radius 1 is 1.36 bits per heavy atom. The van der Waals surface area contributed by atoms with E-state index in [1.807, 2.05) is 0 Å². The summed E-state index contributed by atoms with van der Waals surface area (Å²) in [4.78, 5) is 14.8. The highest BCUT2D eigenvalue weighted by Gasteiger charge is 2.22. The molecule has 0 aliphatic rings. The summed E-state index contributed by atoms with van der Waals surface area (Å²) in [5, 5.41) is 12.7. The molecule has 2 N–H and O–H groups in total. The fourth-order valence-corrected chi connectivity index (χ4v) is 3.15. The van der Waals surface area contributed by atoms with Gasteiger partial charge in [-0.25, -0.2) is 17.9 Å². The molecule has 1 heterocycles. The number of hydrogen-bond donors (Lipinski definition) is 2. The lowest BCUT2D eigenvalue weighted by atomic mass is 10.1. The molecule has 0 fully saturated rings. The number of aromatic nitrogens is 2. The Morgan fingerprint density at radius 3 is 2.68 bits per heavy atom. The average molecular weight is 325 g/mol. The molecule has 22 heavy (non-hydrogen) atoms. The van der Waals surface area contributed by atoms with E-state index in [-0.39, 0.29) is 23.4 Å². The van der Waals surface area contributed by atoms with Crippen LogP contribution in [-0.2, 0) is 16.4 Å². The van der Waals surface area contributed by atoms with Crippen LogP contribution in [0.3, 0.4) is 0 Å². The fraction of sp³-hybridized carbons (Fsp3) is 0.308. The van der Waals surface area contributed by atoms with Crippen molar-refractivity contribution in [3.8, 4) is 0 Å². The summed E-state index contributed by atoms with van der Waals surface area (Å²) < 4.78 is 31.7. The molecule has 1 aromatic carbocycles. The molecule has 0 bridgehead atoms. The lowest BCUT2D eigenvalue weighted by Crippen LogP contribution is -2.27. The molecule has 0 saturated heterocycles. The van der Waals surface area contributed by atoms with E-state index in [1.54, 1.807) is 19.9 Å². The quantitative estimate of drug-likeness (QED) is 0.809. The molecule has 8 nitrogen and oxygen atoms in total. The third kappa shape index (κ3) is 3.68. The molecule has 9 heteroatoms. The van der Waals surface area contributed by atoms with Crippen LogP contribution in [-0.4, -0.2) is 36.2 Å². The molecule has 2 aromatic rings. The van der Waals surface area contributed by atoms with Gasteiger partial charge in [0.1, 0.15) is 0 Å². The lowest BCUT2D eigenvalue weighted by Gasteiger charge is -2.09. The third-order valence-electron chi connectivity index (χ3n) is 2.86. The summed E-state index contributed by atoms with van der Waals surface area (Å²) in [6.45, 7) is 3.37. The molecule has 0 amide bonds. The van der Waals surface area contributed by atoms with Crippen molar-refractivity contribution in [2.75, 3.05) is 6.54 Å².